The molecule has 1 saturated heterocycles. The van der Waals surface area contributed by atoms with Crippen LogP contribution in [0.5, 0.6) is 0 Å². The third kappa shape index (κ3) is 4.04. The van der Waals surface area contributed by atoms with Crippen LogP contribution in [-0.4, -0.2) is 54.9 Å². The van der Waals surface area contributed by atoms with Gasteiger partial charge in [-0.05, 0) is 49.9 Å². The maximum absolute atomic E-state index is 11.4. The first-order valence-corrected chi connectivity index (χ1v) is 9.89. The molecule has 0 unspecified atom stereocenters. The number of carbonyl (C=O) groups is 1. The van der Waals surface area contributed by atoms with Crippen LogP contribution in [0.15, 0.2) is 38.9 Å². The van der Waals surface area contributed by atoms with Crippen molar-refractivity contribution >= 4 is 28.9 Å². The van der Waals surface area contributed by atoms with E-state index in [-0.39, 0.29) is 5.78 Å². The first-order chi connectivity index (χ1) is 12.6. The maximum Gasteiger partial charge on any atom is 0.194 e. The predicted octanol–water partition coefficient (Wildman–Crippen LogP) is 3.35. The van der Waals surface area contributed by atoms with Crippen LogP contribution in [0.25, 0.3) is 0 Å². The Morgan fingerprint density at radius 2 is 2.04 bits per heavy atom. The molecule has 2 aliphatic rings. The molecule has 0 aromatic carbocycles. The van der Waals surface area contributed by atoms with Crippen LogP contribution in [0.2, 0.25) is 0 Å². The van der Waals surface area contributed by atoms with Crippen LogP contribution in [0.4, 0.5) is 11.4 Å². The van der Waals surface area contributed by atoms with Gasteiger partial charge in [0.2, 0.25) is 0 Å². The van der Waals surface area contributed by atoms with Gasteiger partial charge in [-0.1, -0.05) is 0 Å². The first-order valence-electron chi connectivity index (χ1n) is 9.07. The molecule has 0 radical (unpaired) electrons. The van der Waals surface area contributed by atoms with E-state index in [4.69, 9.17) is 4.42 Å². The number of anilines is 2. The Hall–Kier alpha value is -1.99. The Morgan fingerprint density at radius 1 is 1.27 bits per heavy atom. The molecule has 3 heterocycles. The van der Waals surface area contributed by atoms with E-state index >= 15 is 0 Å². The number of Topliss-reactive ketones (excluding diaryl/α,β-unsaturated/α-hetero) is 1. The van der Waals surface area contributed by atoms with Crippen molar-refractivity contribution in [2.24, 2.45) is 0 Å². The summed E-state index contributed by atoms with van der Waals surface area (Å²) in [4.78, 5) is 20.8. The van der Waals surface area contributed by atoms with Crippen LogP contribution >= 0.6 is 11.8 Å². The minimum absolute atomic E-state index is 0.0636. The molecular formula is C19H24N4O2S. The summed E-state index contributed by atoms with van der Waals surface area (Å²) in [6.45, 7) is 5.68. The number of furan rings is 1. The lowest BCUT2D eigenvalue weighted by Gasteiger charge is -2.35. The molecule has 1 saturated carbocycles. The quantitative estimate of drug-likeness (QED) is 0.780. The second-order valence-corrected chi connectivity index (χ2v) is 8.05. The van der Waals surface area contributed by atoms with E-state index in [2.05, 4.69) is 33.2 Å². The zero-order valence-corrected chi connectivity index (χ0v) is 16.0. The molecule has 1 aliphatic heterocycles. The zero-order chi connectivity index (χ0) is 18.1. The van der Waals surface area contributed by atoms with Gasteiger partial charge in [-0.15, -0.1) is 0 Å². The van der Waals surface area contributed by atoms with Crippen LogP contribution in [0.3, 0.4) is 0 Å². The Kier molecular flexibility index (Phi) is 4.91. The fourth-order valence-corrected chi connectivity index (χ4v) is 3.77. The number of likely N-dealkylation sites (N-methyl/N-ethyl adjacent to an activating group) is 1. The zero-order valence-electron chi connectivity index (χ0n) is 15.2. The molecule has 2 aromatic rings. The summed E-state index contributed by atoms with van der Waals surface area (Å²) in [6, 6.07) is 6.22. The molecule has 0 atom stereocenters. The van der Waals surface area contributed by atoms with Gasteiger partial charge in [-0.3, -0.25) is 4.79 Å². The summed E-state index contributed by atoms with van der Waals surface area (Å²) >= 11 is 1.45. The monoisotopic (exact) mass is 372 g/mol. The van der Waals surface area contributed by atoms with Gasteiger partial charge < -0.3 is 19.5 Å². The summed E-state index contributed by atoms with van der Waals surface area (Å²) in [6.07, 6.45) is 4.42. The molecule has 138 valence electrons. The number of nitrogens with one attached hydrogen (secondary N) is 1. The molecule has 0 spiro atoms. The van der Waals surface area contributed by atoms with E-state index in [0.29, 0.717) is 16.9 Å². The van der Waals surface area contributed by atoms with Gasteiger partial charge in [0.1, 0.15) is 5.03 Å². The molecule has 0 bridgehead atoms. The second-order valence-electron chi connectivity index (χ2n) is 7.03. The fourth-order valence-electron chi connectivity index (χ4n) is 3.01. The van der Waals surface area contributed by atoms with Gasteiger partial charge >= 0.3 is 0 Å². The fraction of sp³-hybridized carbons (Fsp3) is 0.474. The van der Waals surface area contributed by atoms with Crippen molar-refractivity contribution in [3.63, 3.8) is 0 Å². The number of carbonyl (C=O) groups excluding carboxylic acids is 1. The number of rotatable bonds is 6. The number of pyridine rings is 1. The Morgan fingerprint density at radius 3 is 2.69 bits per heavy atom. The maximum atomic E-state index is 11.4. The molecule has 1 aliphatic carbocycles. The van der Waals surface area contributed by atoms with E-state index in [0.717, 1.165) is 36.9 Å². The minimum atomic E-state index is -0.0636. The topological polar surface area (TPSA) is 61.6 Å². The Labute approximate surface area is 157 Å². The average Bonchev–Trinajstić information content (AvgIpc) is 3.31. The molecule has 1 N–H and O–H groups in total. The smallest absolute Gasteiger partial charge is 0.194 e. The SMILES string of the molecule is CC(=O)c1ccc(Sc2cc(NC3CC3)c(N3CCN(C)CC3)cn2)o1. The molecule has 26 heavy (non-hydrogen) atoms. The van der Waals surface area contributed by atoms with Gasteiger partial charge in [0.05, 0.1) is 17.6 Å². The lowest BCUT2D eigenvalue weighted by molar-refractivity contribution is 0.0982. The molecule has 2 fully saturated rings. The summed E-state index contributed by atoms with van der Waals surface area (Å²) < 4.78 is 5.58. The van der Waals surface area contributed by atoms with Crippen molar-refractivity contribution in [3.05, 3.63) is 30.2 Å². The van der Waals surface area contributed by atoms with Crippen molar-refractivity contribution in [3.8, 4) is 0 Å². The second kappa shape index (κ2) is 7.32. The largest absolute Gasteiger partial charge is 0.446 e. The van der Waals surface area contributed by atoms with Crippen LogP contribution in [-0.2, 0) is 0 Å². The lowest BCUT2D eigenvalue weighted by Crippen LogP contribution is -2.44. The van der Waals surface area contributed by atoms with Gasteiger partial charge in [-0.2, -0.15) is 0 Å². The highest BCUT2D eigenvalue weighted by Gasteiger charge is 2.25. The van der Waals surface area contributed by atoms with Crippen LogP contribution in [0.1, 0.15) is 30.3 Å². The third-order valence-corrected chi connectivity index (χ3v) is 5.63. The molecule has 0 amide bonds. The van der Waals surface area contributed by atoms with Gasteiger partial charge in [0.25, 0.3) is 0 Å². The summed E-state index contributed by atoms with van der Waals surface area (Å²) in [5.41, 5.74) is 2.33. The highest BCUT2D eigenvalue weighted by Crippen LogP contribution is 2.36. The van der Waals surface area contributed by atoms with Gasteiger partial charge in [0.15, 0.2) is 16.6 Å². The number of ketones is 1. The Balaban J connectivity index is 1.55. The highest BCUT2D eigenvalue weighted by atomic mass is 32.2. The standard InChI is InChI=1S/C19H24N4O2S/c1-13(24)17-5-6-19(25-17)26-18-11-15(21-14-3-4-14)16(12-20-18)23-9-7-22(2)8-10-23/h5-6,11-12,14H,3-4,7-10H2,1-2H3,(H,20,21). The summed E-state index contributed by atoms with van der Waals surface area (Å²) in [5, 5.41) is 5.21. The summed E-state index contributed by atoms with van der Waals surface area (Å²) in [5.74, 6) is 0.323. The molecule has 2 aromatic heterocycles. The molecule has 4 rings (SSSR count). The lowest BCUT2D eigenvalue weighted by atomic mass is 10.2. The normalized spacial score (nSPS) is 18.2. The first kappa shape index (κ1) is 17.4. The van der Waals surface area contributed by atoms with Crippen LogP contribution in [0, 0.1) is 0 Å². The minimum Gasteiger partial charge on any atom is -0.446 e. The number of aromatic nitrogens is 1. The van der Waals surface area contributed by atoms with Crippen molar-refractivity contribution in [2.45, 2.75) is 35.9 Å². The van der Waals surface area contributed by atoms with Crippen molar-refractivity contribution in [1.82, 2.24) is 9.88 Å². The highest BCUT2D eigenvalue weighted by molar-refractivity contribution is 7.99. The van der Waals surface area contributed by atoms with Crippen LogP contribution < -0.4 is 10.2 Å². The van der Waals surface area contributed by atoms with Gasteiger partial charge in [-0.25, -0.2) is 4.98 Å². The summed E-state index contributed by atoms with van der Waals surface area (Å²) in [7, 11) is 2.16. The van der Waals surface area contributed by atoms with E-state index in [1.165, 1.54) is 37.2 Å². The molecule has 7 heteroatoms. The number of hydrogen-bond donors (Lipinski definition) is 1. The molecular weight excluding hydrogens is 348 g/mol. The average molecular weight is 372 g/mol. The van der Waals surface area contributed by atoms with E-state index in [1.54, 1.807) is 6.07 Å². The van der Waals surface area contributed by atoms with E-state index in [9.17, 15) is 4.79 Å². The number of piperazine rings is 1. The number of hydrogen-bond acceptors (Lipinski definition) is 7. The third-order valence-electron chi connectivity index (χ3n) is 4.77. The van der Waals surface area contributed by atoms with E-state index in [1.807, 2.05) is 12.3 Å². The van der Waals surface area contributed by atoms with Crippen molar-refractivity contribution < 1.29 is 9.21 Å². The predicted molar refractivity (Wildman–Crippen MR) is 103 cm³/mol. The van der Waals surface area contributed by atoms with Crippen molar-refractivity contribution in [1.29, 1.82) is 0 Å². The van der Waals surface area contributed by atoms with Gasteiger partial charge in [0, 0.05) is 39.1 Å². The number of nitrogens with zero attached hydrogens (tertiary/aromatic N) is 3. The van der Waals surface area contributed by atoms with E-state index < -0.39 is 0 Å². The Bertz CT molecular complexity index is 795. The van der Waals surface area contributed by atoms with Crippen molar-refractivity contribution in [2.75, 3.05) is 43.4 Å². The molecule has 6 nitrogen and oxygen atoms in total.